The lowest BCUT2D eigenvalue weighted by Gasteiger charge is -2.10. The number of aromatic nitrogens is 2. The summed E-state index contributed by atoms with van der Waals surface area (Å²) in [5.41, 5.74) is 2.20. The van der Waals surface area contributed by atoms with Crippen molar-refractivity contribution in [1.29, 1.82) is 0 Å². The summed E-state index contributed by atoms with van der Waals surface area (Å²) in [7, 11) is 0. The first-order valence-corrected chi connectivity index (χ1v) is 7.08. The van der Waals surface area contributed by atoms with E-state index in [2.05, 4.69) is 16.5 Å². The first kappa shape index (κ1) is 14.6. The number of hydrogen-bond donors (Lipinski definition) is 1. The molecule has 1 aromatic carbocycles. The Balaban J connectivity index is 1.92. The highest BCUT2D eigenvalue weighted by atomic mass is 16.5. The van der Waals surface area contributed by atoms with Crippen LogP contribution in [0.4, 0.5) is 0 Å². The van der Waals surface area contributed by atoms with Gasteiger partial charge in [0.1, 0.15) is 12.4 Å². The summed E-state index contributed by atoms with van der Waals surface area (Å²) >= 11 is 0. The summed E-state index contributed by atoms with van der Waals surface area (Å²) in [6.07, 6.45) is 5.12. The van der Waals surface area contributed by atoms with Crippen molar-refractivity contribution in [2.45, 2.75) is 45.9 Å². The van der Waals surface area contributed by atoms with Crippen molar-refractivity contribution in [2.24, 2.45) is 0 Å². The lowest BCUT2D eigenvalue weighted by molar-refractivity contribution is 0.195. The number of ether oxygens (including phenoxy) is 1. The zero-order valence-electron chi connectivity index (χ0n) is 12.1. The van der Waals surface area contributed by atoms with E-state index in [1.165, 1.54) is 0 Å². The summed E-state index contributed by atoms with van der Waals surface area (Å²) in [4.78, 5) is 4.15. The van der Waals surface area contributed by atoms with E-state index in [1.54, 1.807) is 6.92 Å². The van der Waals surface area contributed by atoms with E-state index in [-0.39, 0.29) is 6.10 Å². The van der Waals surface area contributed by atoms with E-state index in [1.807, 2.05) is 36.8 Å². The summed E-state index contributed by atoms with van der Waals surface area (Å²) in [6.45, 7) is 5.42. The average molecular weight is 274 g/mol. The van der Waals surface area contributed by atoms with Crippen LogP contribution < -0.4 is 4.74 Å². The first-order valence-electron chi connectivity index (χ1n) is 7.08. The molecule has 0 aliphatic rings. The SMILES string of the molecule is CCCn1cncc1COc1ccc(CC(C)O)cc1. The van der Waals surface area contributed by atoms with Gasteiger partial charge in [0, 0.05) is 6.54 Å². The van der Waals surface area contributed by atoms with Gasteiger partial charge in [0.05, 0.1) is 24.3 Å². The Morgan fingerprint density at radius 2 is 2.05 bits per heavy atom. The fourth-order valence-electron chi connectivity index (χ4n) is 2.13. The maximum Gasteiger partial charge on any atom is 0.130 e. The number of nitrogens with zero attached hydrogens (tertiary/aromatic N) is 2. The van der Waals surface area contributed by atoms with Crippen molar-refractivity contribution in [3.63, 3.8) is 0 Å². The van der Waals surface area contributed by atoms with Crippen LogP contribution in [-0.4, -0.2) is 20.8 Å². The maximum atomic E-state index is 9.34. The molecule has 1 atom stereocenters. The Bertz CT molecular complexity index is 518. The van der Waals surface area contributed by atoms with Crippen LogP contribution in [0.1, 0.15) is 31.5 Å². The third kappa shape index (κ3) is 4.10. The van der Waals surface area contributed by atoms with Crippen LogP contribution in [0.3, 0.4) is 0 Å². The molecular formula is C16H22N2O2. The van der Waals surface area contributed by atoms with Crippen LogP contribution in [-0.2, 0) is 19.6 Å². The number of rotatable bonds is 7. The molecular weight excluding hydrogens is 252 g/mol. The Morgan fingerprint density at radius 1 is 1.30 bits per heavy atom. The van der Waals surface area contributed by atoms with E-state index in [9.17, 15) is 5.11 Å². The minimum atomic E-state index is -0.315. The number of aliphatic hydroxyl groups excluding tert-OH is 1. The number of aryl methyl sites for hydroxylation is 1. The third-order valence-electron chi connectivity index (χ3n) is 3.10. The van der Waals surface area contributed by atoms with Gasteiger partial charge in [0.2, 0.25) is 0 Å². The highest BCUT2D eigenvalue weighted by Crippen LogP contribution is 2.15. The van der Waals surface area contributed by atoms with Crippen LogP contribution in [0.15, 0.2) is 36.8 Å². The number of imidazole rings is 1. The van der Waals surface area contributed by atoms with Gasteiger partial charge in [-0.25, -0.2) is 4.98 Å². The third-order valence-corrected chi connectivity index (χ3v) is 3.10. The molecule has 0 bridgehead atoms. The first-order chi connectivity index (χ1) is 9.69. The molecule has 108 valence electrons. The molecule has 0 saturated carbocycles. The van der Waals surface area contributed by atoms with E-state index < -0.39 is 0 Å². The summed E-state index contributed by atoms with van der Waals surface area (Å²) in [5.74, 6) is 0.837. The highest BCUT2D eigenvalue weighted by molar-refractivity contribution is 5.27. The normalized spacial score (nSPS) is 12.3. The monoisotopic (exact) mass is 274 g/mol. The van der Waals surface area contributed by atoms with Gasteiger partial charge in [-0.3, -0.25) is 0 Å². The van der Waals surface area contributed by atoms with Crippen LogP contribution in [0.5, 0.6) is 5.75 Å². The Labute approximate surface area is 120 Å². The van der Waals surface area contributed by atoms with Gasteiger partial charge in [-0.1, -0.05) is 19.1 Å². The van der Waals surface area contributed by atoms with E-state index >= 15 is 0 Å². The second kappa shape index (κ2) is 7.10. The molecule has 2 aromatic rings. The minimum Gasteiger partial charge on any atom is -0.487 e. The topological polar surface area (TPSA) is 47.3 Å². The van der Waals surface area contributed by atoms with Gasteiger partial charge < -0.3 is 14.4 Å². The second-order valence-corrected chi connectivity index (χ2v) is 5.06. The van der Waals surface area contributed by atoms with Crippen molar-refractivity contribution in [3.8, 4) is 5.75 Å². The smallest absolute Gasteiger partial charge is 0.130 e. The fourth-order valence-corrected chi connectivity index (χ4v) is 2.13. The number of benzene rings is 1. The number of aliphatic hydroxyl groups is 1. The average Bonchev–Trinajstić information content (AvgIpc) is 2.85. The van der Waals surface area contributed by atoms with E-state index in [0.717, 1.165) is 30.0 Å². The minimum absolute atomic E-state index is 0.315. The number of hydrogen-bond acceptors (Lipinski definition) is 3. The van der Waals surface area contributed by atoms with E-state index in [0.29, 0.717) is 13.0 Å². The van der Waals surface area contributed by atoms with Gasteiger partial charge in [-0.15, -0.1) is 0 Å². The summed E-state index contributed by atoms with van der Waals surface area (Å²) in [6, 6.07) is 7.87. The van der Waals surface area contributed by atoms with E-state index in [4.69, 9.17) is 4.74 Å². The van der Waals surface area contributed by atoms with Gasteiger partial charge >= 0.3 is 0 Å². The van der Waals surface area contributed by atoms with Gasteiger partial charge in [0.25, 0.3) is 0 Å². The Kier molecular flexibility index (Phi) is 5.18. The van der Waals surface area contributed by atoms with Crippen molar-refractivity contribution in [2.75, 3.05) is 0 Å². The predicted molar refractivity (Wildman–Crippen MR) is 78.7 cm³/mol. The highest BCUT2D eigenvalue weighted by Gasteiger charge is 2.03. The Morgan fingerprint density at radius 3 is 2.70 bits per heavy atom. The van der Waals surface area contributed by atoms with Crippen LogP contribution in [0.25, 0.3) is 0 Å². The summed E-state index contributed by atoms with van der Waals surface area (Å²) in [5, 5.41) is 9.34. The lowest BCUT2D eigenvalue weighted by Crippen LogP contribution is -2.05. The molecule has 2 rings (SSSR count). The molecule has 1 heterocycles. The zero-order valence-corrected chi connectivity index (χ0v) is 12.1. The molecule has 0 radical (unpaired) electrons. The largest absolute Gasteiger partial charge is 0.487 e. The quantitative estimate of drug-likeness (QED) is 0.844. The molecule has 4 heteroatoms. The fraction of sp³-hybridized carbons (Fsp3) is 0.438. The van der Waals surface area contributed by atoms with Gasteiger partial charge in [0.15, 0.2) is 0 Å². The lowest BCUT2D eigenvalue weighted by atomic mass is 10.1. The molecule has 0 aliphatic carbocycles. The molecule has 0 fully saturated rings. The maximum absolute atomic E-state index is 9.34. The van der Waals surface area contributed by atoms with Crippen molar-refractivity contribution in [3.05, 3.63) is 48.0 Å². The van der Waals surface area contributed by atoms with Crippen molar-refractivity contribution >= 4 is 0 Å². The van der Waals surface area contributed by atoms with Gasteiger partial charge in [-0.2, -0.15) is 0 Å². The molecule has 1 unspecified atom stereocenters. The standard InChI is InChI=1S/C16H22N2O2/c1-3-8-18-12-17-10-15(18)11-20-16-6-4-14(5-7-16)9-13(2)19/h4-7,10,12-13,19H,3,8-9,11H2,1-2H3. The summed E-state index contributed by atoms with van der Waals surface area (Å²) < 4.78 is 7.89. The van der Waals surface area contributed by atoms with Gasteiger partial charge in [-0.05, 0) is 37.5 Å². The van der Waals surface area contributed by atoms with Crippen LogP contribution in [0, 0.1) is 0 Å². The molecule has 1 aromatic heterocycles. The zero-order chi connectivity index (χ0) is 14.4. The van der Waals surface area contributed by atoms with Crippen molar-refractivity contribution in [1.82, 2.24) is 9.55 Å². The Hall–Kier alpha value is -1.81. The molecule has 1 N–H and O–H groups in total. The van der Waals surface area contributed by atoms with Crippen molar-refractivity contribution < 1.29 is 9.84 Å². The molecule has 0 spiro atoms. The molecule has 0 amide bonds. The van der Waals surface area contributed by atoms with Crippen LogP contribution >= 0.6 is 0 Å². The molecule has 0 aliphatic heterocycles. The van der Waals surface area contributed by atoms with Crippen LogP contribution in [0.2, 0.25) is 0 Å². The second-order valence-electron chi connectivity index (χ2n) is 5.06. The molecule has 0 saturated heterocycles. The molecule has 4 nitrogen and oxygen atoms in total. The predicted octanol–water partition coefficient (Wildman–Crippen LogP) is 2.80. The molecule has 20 heavy (non-hydrogen) atoms.